The molecule has 2 N–H and O–H groups in total. The van der Waals surface area contributed by atoms with Gasteiger partial charge in [-0.1, -0.05) is 0 Å². The molecule has 0 aliphatic carbocycles. The minimum absolute atomic E-state index is 0.0352. The summed E-state index contributed by atoms with van der Waals surface area (Å²) in [6.45, 7) is 3.18. The van der Waals surface area contributed by atoms with Gasteiger partial charge in [0.2, 0.25) is 5.91 Å². The van der Waals surface area contributed by atoms with Crippen molar-refractivity contribution in [1.29, 1.82) is 0 Å². The molecule has 1 amide bonds. The SMILES string of the molecule is COCCCNC(=O)CNC1COC1. The number of rotatable bonds is 7. The molecule has 5 nitrogen and oxygen atoms in total. The molecule has 0 aromatic heterocycles. The van der Waals surface area contributed by atoms with Crippen LogP contribution in [0.4, 0.5) is 0 Å². The quantitative estimate of drug-likeness (QED) is 0.527. The molecular weight excluding hydrogens is 184 g/mol. The Kier molecular flexibility index (Phi) is 5.51. The summed E-state index contributed by atoms with van der Waals surface area (Å²) in [7, 11) is 1.65. The first-order chi connectivity index (χ1) is 6.83. The number of nitrogens with one attached hydrogen (secondary N) is 2. The number of carbonyl (C=O) groups excluding carboxylic acids is 1. The van der Waals surface area contributed by atoms with Crippen molar-refractivity contribution < 1.29 is 14.3 Å². The van der Waals surface area contributed by atoms with Gasteiger partial charge in [-0.3, -0.25) is 4.79 Å². The Morgan fingerprint density at radius 2 is 2.36 bits per heavy atom. The second-order valence-corrected chi connectivity index (χ2v) is 3.31. The van der Waals surface area contributed by atoms with Crippen molar-refractivity contribution in [2.75, 3.05) is 40.0 Å². The number of hydrogen-bond donors (Lipinski definition) is 2. The zero-order valence-electron chi connectivity index (χ0n) is 8.54. The highest BCUT2D eigenvalue weighted by Crippen LogP contribution is 1.97. The lowest BCUT2D eigenvalue weighted by molar-refractivity contribution is -0.121. The Hall–Kier alpha value is -0.650. The first-order valence-corrected chi connectivity index (χ1v) is 4.89. The van der Waals surface area contributed by atoms with Crippen molar-refractivity contribution in [3.63, 3.8) is 0 Å². The van der Waals surface area contributed by atoms with Crippen LogP contribution in [-0.2, 0) is 14.3 Å². The lowest BCUT2D eigenvalue weighted by atomic mass is 10.2. The van der Waals surface area contributed by atoms with Gasteiger partial charge >= 0.3 is 0 Å². The number of amides is 1. The largest absolute Gasteiger partial charge is 0.385 e. The standard InChI is InChI=1S/C9H18N2O3/c1-13-4-2-3-10-9(12)5-11-8-6-14-7-8/h8,11H,2-7H2,1H3,(H,10,12). The number of ether oxygens (including phenoxy) is 2. The van der Waals surface area contributed by atoms with E-state index in [4.69, 9.17) is 9.47 Å². The Bertz CT molecular complexity index is 171. The molecule has 82 valence electrons. The van der Waals surface area contributed by atoms with E-state index >= 15 is 0 Å². The highest BCUT2D eigenvalue weighted by Gasteiger charge is 2.17. The number of hydrogen-bond acceptors (Lipinski definition) is 4. The van der Waals surface area contributed by atoms with E-state index in [9.17, 15) is 4.79 Å². The molecule has 0 spiro atoms. The summed E-state index contributed by atoms with van der Waals surface area (Å²) in [5.74, 6) is 0.0352. The van der Waals surface area contributed by atoms with Crippen LogP contribution in [0.25, 0.3) is 0 Å². The van der Waals surface area contributed by atoms with Crippen LogP contribution < -0.4 is 10.6 Å². The van der Waals surface area contributed by atoms with Gasteiger partial charge in [-0.25, -0.2) is 0 Å². The molecule has 0 saturated carbocycles. The van der Waals surface area contributed by atoms with Crippen molar-refractivity contribution in [1.82, 2.24) is 10.6 Å². The molecule has 1 rings (SSSR count). The van der Waals surface area contributed by atoms with Crippen molar-refractivity contribution in [2.24, 2.45) is 0 Å². The zero-order valence-corrected chi connectivity index (χ0v) is 8.54. The fourth-order valence-electron chi connectivity index (χ4n) is 1.10. The van der Waals surface area contributed by atoms with Crippen LogP contribution in [0.3, 0.4) is 0 Å². The molecule has 0 aromatic rings. The molecule has 0 aromatic carbocycles. The van der Waals surface area contributed by atoms with Gasteiger partial charge in [-0.05, 0) is 6.42 Å². The maximum atomic E-state index is 11.2. The van der Waals surface area contributed by atoms with E-state index in [1.165, 1.54) is 0 Å². The predicted octanol–water partition coefficient (Wildman–Crippen LogP) is -0.872. The van der Waals surface area contributed by atoms with E-state index in [0.717, 1.165) is 19.6 Å². The molecule has 1 saturated heterocycles. The molecule has 1 aliphatic heterocycles. The van der Waals surface area contributed by atoms with Crippen LogP contribution in [-0.4, -0.2) is 52.0 Å². The Labute approximate surface area is 84.1 Å². The number of carbonyl (C=O) groups is 1. The fourth-order valence-corrected chi connectivity index (χ4v) is 1.10. The molecule has 0 atom stereocenters. The van der Waals surface area contributed by atoms with Crippen molar-refractivity contribution in [2.45, 2.75) is 12.5 Å². The van der Waals surface area contributed by atoms with Gasteiger partial charge in [-0.2, -0.15) is 0 Å². The molecule has 1 heterocycles. The molecule has 5 heteroatoms. The van der Waals surface area contributed by atoms with Crippen molar-refractivity contribution >= 4 is 5.91 Å². The van der Waals surface area contributed by atoms with Gasteiger partial charge in [0, 0.05) is 20.3 Å². The van der Waals surface area contributed by atoms with E-state index in [-0.39, 0.29) is 5.91 Å². The average Bonchev–Trinajstić information content (AvgIpc) is 2.10. The monoisotopic (exact) mass is 202 g/mol. The second kappa shape index (κ2) is 6.75. The highest BCUT2D eigenvalue weighted by molar-refractivity contribution is 5.77. The highest BCUT2D eigenvalue weighted by atomic mass is 16.5. The molecule has 1 aliphatic rings. The summed E-state index contributed by atoms with van der Waals surface area (Å²) in [4.78, 5) is 11.2. The third-order valence-electron chi connectivity index (χ3n) is 2.04. The van der Waals surface area contributed by atoms with E-state index < -0.39 is 0 Å². The van der Waals surface area contributed by atoms with Gasteiger partial charge < -0.3 is 20.1 Å². The summed E-state index contributed by atoms with van der Waals surface area (Å²) in [5.41, 5.74) is 0. The molecule has 0 bridgehead atoms. The predicted molar refractivity (Wildman–Crippen MR) is 52.1 cm³/mol. The van der Waals surface area contributed by atoms with Crippen molar-refractivity contribution in [3.8, 4) is 0 Å². The summed E-state index contributed by atoms with van der Waals surface area (Å²) in [6.07, 6.45) is 0.856. The second-order valence-electron chi connectivity index (χ2n) is 3.31. The fraction of sp³-hybridized carbons (Fsp3) is 0.889. The smallest absolute Gasteiger partial charge is 0.233 e. The topological polar surface area (TPSA) is 59.6 Å². The van der Waals surface area contributed by atoms with E-state index in [0.29, 0.717) is 25.7 Å². The third-order valence-corrected chi connectivity index (χ3v) is 2.04. The van der Waals surface area contributed by atoms with E-state index in [1.54, 1.807) is 7.11 Å². The zero-order chi connectivity index (χ0) is 10.2. The normalized spacial score (nSPS) is 16.4. The van der Waals surface area contributed by atoms with Gasteiger partial charge in [0.1, 0.15) is 0 Å². The Balaban J connectivity index is 1.87. The minimum Gasteiger partial charge on any atom is -0.385 e. The van der Waals surface area contributed by atoms with Gasteiger partial charge in [0.15, 0.2) is 0 Å². The summed E-state index contributed by atoms with van der Waals surface area (Å²) >= 11 is 0. The lowest BCUT2D eigenvalue weighted by Crippen LogP contribution is -2.49. The Morgan fingerprint density at radius 3 is 2.93 bits per heavy atom. The van der Waals surface area contributed by atoms with Crippen LogP contribution in [0.5, 0.6) is 0 Å². The maximum absolute atomic E-state index is 11.2. The van der Waals surface area contributed by atoms with Crippen LogP contribution in [0.1, 0.15) is 6.42 Å². The molecule has 0 radical (unpaired) electrons. The van der Waals surface area contributed by atoms with Gasteiger partial charge in [0.25, 0.3) is 0 Å². The van der Waals surface area contributed by atoms with E-state index in [1.807, 2.05) is 0 Å². The Morgan fingerprint density at radius 1 is 1.57 bits per heavy atom. The van der Waals surface area contributed by atoms with Gasteiger partial charge in [0.05, 0.1) is 25.8 Å². The van der Waals surface area contributed by atoms with Gasteiger partial charge in [-0.15, -0.1) is 0 Å². The molecule has 1 fully saturated rings. The molecule has 14 heavy (non-hydrogen) atoms. The van der Waals surface area contributed by atoms with Crippen LogP contribution >= 0.6 is 0 Å². The van der Waals surface area contributed by atoms with Crippen LogP contribution in [0, 0.1) is 0 Å². The summed E-state index contributed by atoms with van der Waals surface area (Å²) in [6, 6.07) is 0.361. The first kappa shape index (κ1) is 11.4. The number of methoxy groups -OCH3 is 1. The summed E-state index contributed by atoms with van der Waals surface area (Å²) < 4.78 is 9.83. The maximum Gasteiger partial charge on any atom is 0.233 e. The van der Waals surface area contributed by atoms with Crippen molar-refractivity contribution in [3.05, 3.63) is 0 Å². The van der Waals surface area contributed by atoms with E-state index in [2.05, 4.69) is 10.6 Å². The minimum atomic E-state index is 0.0352. The van der Waals surface area contributed by atoms with Crippen LogP contribution in [0.2, 0.25) is 0 Å². The third kappa shape index (κ3) is 4.55. The molecular formula is C9H18N2O3. The lowest BCUT2D eigenvalue weighted by Gasteiger charge is -2.26. The van der Waals surface area contributed by atoms with Crippen LogP contribution in [0.15, 0.2) is 0 Å². The average molecular weight is 202 g/mol. The molecule has 0 unspecified atom stereocenters. The summed E-state index contributed by atoms with van der Waals surface area (Å²) in [5, 5.41) is 5.89. The first-order valence-electron chi connectivity index (χ1n) is 4.89.